The second kappa shape index (κ2) is 19.9. The molecule has 0 spiro atoms. The van der Waals surface area contributed by atoms with E-state index in [1.54, 1.807) is 12.1 Å². The summed E-state index contributed by atoms with van der Waals surface area (Å²) in [6.07, 6.45) is -0.230. The van der Waals surface area contributed by atoms with Crippen LogP contribution in [0.15, 0.2) is 34.2 Å². The monoisotopic (exact) mass is 672 g/mol. The van der Waals surface area contributed by atoms with E-state index in [2.05, 4.69) is 25.7 Å². The zero-order chi connectivity index (χ0) is 34.9. The maximum absolute atomic E-state index is 13.1. The lowest BCUT2D eigenvalue weighted by Gasteiger charge is -2.24. The molecule has 0 bridgehead atoms. The van der Waals surface area contributed by atoms with Crippen LogP contribution in [0.1, 0.15) is 50.5 Å². The van der Waals surface area contributed by atoms with Gasteiger partial charge in [0.15, 0.2) is 5.96 Å². The van der Waals surface area contributed by atoms with Crippen LogP contribution in [0.5, 0.6) is 0 Å². The van der Waals surface area contributed by atoms with Crippen LogP contribution in [0.2, 0.25) is 0 Å². The highest BCUT2D eigenvalue weighted by molar-refractivity contribution is 7.89. The summed E-state index contributed by atoms with van der Waals surface area (Å²) in [4.78, 5) is 64.9. The number of carboxylic acids is 2. The van der Waals surface area contributed by atoms with Crippen molar-refractivity contribution in [1.82, 2.24) is 20.7 Å². The highest BCUT2D eigenvalue weighted by Gasteiger charge is 2.30. The number of guanidine groups is 1. The topological polar surface area (TPSA) is 319 Å². The molecule has 0 radical (unpaired) electrons. The number of aliphatic imine (C=N–C) groups is 1. The van der Waals surface area contributed by atoms with Crippen molar-refractivity contribution in [3.05, 3.63) is 29.8 Å². The number of aliphatic carboxylic acids is 2. The van der Waals surface area contributed by atoms with Crippen molar-refractivity contribution in [1.29, 1.82) is 0 Å². The number of aliphatic hydroxyl groups excluding tert-OH is 1. The molecule has 0 aliphatic heterocycles. The van der Waals surface area contributed by atoms with E-state index in [1.165, 1.54) is 12.1 Å². The van der Waals surface area contributed by atoms with Gasteiger partial charge in [0.05, 0.1) is 17.5 Å². The summed E-state index contributed by atoms with van der Waals surface area (Å²) in [6, 6.07) is 0.596. The third-order valence-electron chi connectivity index (χ3n) is 6.56. The number of nitrogens with one attached hydrogen (secondary N) is 4. The molecule has 0 saturated carbocycles. The molecule has 0 aliphatic carbocycles. The van der Waals surface area contributed by atoms with Gasteiger partial charge in [0, 0.05) is 19.5 Å². The molecule has 1 aromatic rings. The number of nitrogens with zero attached hydrogens (tertiary/aromatic N) is 1. The minimum Gasteiger partial charge on any atom is -0.481 e. The number of carboxylic acid groups (broad SMARTS) is 2. The van der Waals surface area contributed by atoms with Crippen molar-refractivity contribution in [3.63, 3.8) is 0 Å². The van der Waals surface area contributed by atoms with Gasteiger partial charge in [-0.3, -0.25) is 24.2 Å². The summed E-state index contributed by atoms with van der Waals surface area (Å²) in [5.41, 5.74) is 17.2. The van der Waals surface area contributed by atoms with E-state index in [0.29, 0.717) is 6.42 Å². The normalized spacial score (nSPS) is 13.8. The second-order valence-electron chi connectivity index (χ2n) is 10.4. The number of hydrogen-bond donors (Lipinski definition) is 10. The first-order valence-electron chi connectivity index (χ1n) is 14.4. The third-order valence-corrected chi connectivity index (χ3v) is 8.03. The molecular weight excluding hydrogens is 628 g/mol. The molecular formula is C27H44N8O10S. The van der Waals surface area contributed by atoms with Crippen LogP contribution in [-0.4, -0.2) is 103 Å². The smallest absolute Gasteiger partial charge is 0.326 e. The molecule has 1 rings (SSSR count). The first kappa shape index (κ1) is 39.7. The molecule has 3 amide bonds. The van der Waals surface area contributed by atoms with E-state index in [9.17, 15) is 42.6 Å². The number of amides is 3. The minimum absolute atomic E-state index is 0.0226. The predicted molar refractivity (Wildman–Crippen MR) is 165 cm³/mol. The molecule has 0 aromatic heterocycles. The van der Waals surface area contributed by atoms with Crippen molar-refractivity contribution in [2.75, 3.05) is 19.7 Å². The molecule has 46 heavy (non-hydrogen) atoms. The first-order valence-corrected chi connectivity index (χ1v) is 15.9. The molecule has 0 aliphatic rings. The van der Waals surface area contributed by atoms with Crippen molar-refractivity contribution in [2.45, 2.75) is 80.9 Å². The average Bonchev–Trinajstić information content (AvgIpc) is 2.98. The van der Waals surface area contributed by atoms with E-state index in [0.717, 1.165) is 5.56 Å². The zero-order valence-corrected chi connectivity index (χ0v) is 26.3. The van der Waals surface area contributed by atoms with Crippen molar-refractivity contribution < 1.29 is 47.7 Å². The zero-order valence-electron chi connectivity index (χ0n) is 25.5. The van der Waals surface area contributed by atoms with Gasteiger partial charge in [0.2, 0.25) is 27.7 Å². The highest BCUT2D eigenvalue weighted by Crippen LogP contribution is 2.11. The van der Waals surface area contributed by atoms with Gasteiger partial charge in [0.1, 0.15) is 18.1 Å². The number of hydrogen-bond acceptors (Lipinski definition) is 10. The largest absolute Gasteiger partial charge is 0.481 e. The fourth-order valence-corrected chi connectivity index (χ4v) is 5.02. The van der Waals surface area contributed by atoms with Crippen molar-refractivity contribution in [2.24, 2.45) is 22.2 Å². The lowest BCUT2D eigenvalue weighted by molar-refractivity contribution is -0.143. The fraction of sp³-hybridized carbons (Fsp3) is 0.556. The Labute approximate surface area is 266 Å². The van der Waals surface area contributed by atoms with Gasteiger partial charge < -0.3 is 48.5 Å². The molecule has 258 valence electrons. The Morgan fingerprint density at radius 2 is 1.41 bits per heavy atom. The summed E-state index contributed by atoms with van der Waals surface area (Å²) in [6.45, 7) is 1.13. The minimum atomic E-state index is -3.80. The third kappa shape index (κ3) is 15.1. The summed E-state index contributed by atoms with van der Waals surface area (Å²) in [5, 5.41) is 35.0. The van der Waals surface area contributed by atoms with Gasteiger partial charge in [-0.2, -0.15) is 0 Å². The van der Waals surface area contributed by atoms with Crippen molar-refractivity contribution >= 4 is 45.6 Å². The van der Waals surface area contributed by atoms with Crippen LogP contribution in [0.4, 0.5) is 0 Å². The van der Waals surface area contributed by atoms with Crippen LogP contribution in [0.3, 0.4) is 0 Å². The van der Waals surface area contributed by atoms with Gasteiger partial charge in [0.25, 0.3) is 0 Å². The van der Waals surface area contributed by atoms with E-state index >= 15 is 0 Å². The van der Waals surface area contributed by atoms with Gasteiger partial charge in [-0.1, -0.05) is 17.7 Å². The number of benzene rings is 1. The standard InChI is InChI=1S/C27H44N8O10S/c1-16-7-9-17(10-8-16)46(44,45)32-14-3-2-6-19(24(40)34-20(26(42)43)11-12-22(37)38)33-25(41)21(15-36)35-23(39)18(28)5-4-13-31-27(29)30/h7-10,18-21,32,36H,2-6,11-15,28H2,1H3,(H,33,41)(H,34,40)(H,35,39)(H,37,38)(H,42,43)(H4,29,30,31)/t18-,19-,20-,21-/m0/s1. The van der Waals surface area contributed by atoms with Crippen LogP contribution in [0, 0.1) is 6.92 Å². The number of carbonyl (C=O) groups excluding carboxylic acids is 3. The molecule has 4 atom stereocenters. The lowest BCUT2D eigenvalue weighted by atomic mass is 10.1. The molecule has 0 heterocycles. The van der Waals surface area contributed by atoms with Crippen LogP contribution in [-0.2, 0) is 34.0 Å². The Morgan fingerprint density at radius 1 is 0.826 bits per heavy atom. The predicted octanol–water partition coefficient (Wildman–Crippen LogP) is -2.78. The molecule has 13 N–H and O–H groups in total. The Morgan fingerprint density at radius 3 is 1.98 bits per heavy atom. The number of sulfonamides is 1. The number of aliphatic hydroxyl groups is 1. The number of unbranched alkanes of at least 4 members (excludes halogenated alkanes) is 1. The fourth-order valence-electron chi connectivity index (χ4n) is 3.94. The Hall–Kier alpha value is -4.33. The highest BCUT2D eigenvalue weighted by atomic mass is 32.2. The molecule has 0 saturated heterocycles. The summed E-state index contributed by atoms with van der Waals surface area (Å²) in [7, 11) is -3.80. The Kier molecular flexibility index (Phi) is 17.2. The molecule has 18 nitrogen and oxygen atoms in total. The maximum Gasteiger partial charge on any atom is 0.326 e. The maximum atomic E-state index is 13.1. The number of nitrogens with two attached hydrogens (primary N) is 3. The quantitative estimate of drug-likeness (QED) is 0.0339. The molecule has 19 heteroatoms. The van der Waals surface area contributed by atoms with Crippen LogP contribution >= 0.6 is 0 Å². The van der Waals surface area contributed by atoms with Crippen LogP contribution < -0.4 is 37.9 Å². The average molecular weight is 673 g/mol. The summed E-state index contributed by atoms with van der Waals surface area (Å²) in [5.74, 6) is -5.64. The Balaban J connectivity index is 2.92. The van der Waals surface area contributed by atoms with E-state index in [4.69, 9.17) is 22.3 Å². The van der Waals surface area contributed by atoms with Gasteiger partial charge in [-0.25, -0.2) is 17.9 Å². The van der Waals surface area contributed by atoms with E-state index in [1.807, 2.05) is 6.92 Å². The van der Waals surface area contributed by atoms with Gasteiger partial charge >= 0.3 is 11.9 Å². The molecule has 0 unspecified atom stereocenters. The SMILES string of the molecule is Cc1ccc(S(=O)(=O)NCCCC[C@H](NC(=O)[C@H](CO)NC(=O)[C@@H](N)CCCN=C(N)N)C(=O)N[C@@H](CCC(=O)O)C(=O)O)cc1. The number of carbonyl (C=O) groups is 5. The van der Waals surface area contributed by atoms with Crippen molar-refractivity contribution in [3.8, 4) is 0 Å². The van der Waals surface area contributed by atoms with Gasteiger partial charge in [-0.15, -0.1) is 0 Å². The second-order valence-corrected chi connectivity index (χ2v) is 12.2. The summed E-state index contributed by atoms with van der Waals surface area (Å²) < 4.78 is 27.5. The van der Waals surface area contributed by atoms with E-state index in [-0.39, 0.29) is 49.6 Å². The number of aryl methyl sites for hydroxylation is 1. The molecule has 0 fully saturated rings. The van der Waals surface area contributed by atoms with Gasteiger partial charge in [-0.05, 0) is 57.6 Å². The number of rotatable bonds is 22. The lowest BCUT2D eigenvalue weighted by Crippen LogP contribution is -2.58. The van der Waals surface area contributed by atoms with E-state index < -0.39 is 83.3 Å². The van der Waals surface area contributed by atoms with Crippen LogP contribution in [0.25, 0.3) is 0 Å². The first-order chi connectivity index (χ1) is 21.6. The molecule has 1 aromatic carbocycles. The Bertz CT molecular complexity index is 1320. The summed E-state index contributed by atoms with van der Waals surface area (Å²) >= 11 is 0.